The summed E-state index contributed by atoms with van der Waals surface area (Å²) >= 11 is 0. The van der Waals surface area contributed by atoms with Gasteiger partial charge in [-0.15, -0.1) is 0 Å². The van der Waals surface area contributed by atoms with Gasteiger partial charge in [-0.1, -0.05) is 97.1 Å². The van der Waals surface area contributed by atoms with Gasteiger partial charge in [0.1, 0.15) is 11.1 Å². The van der Waals surface area contributed by atoms with Crippen LogP contribution in [0.25, 0.3) is 99.1 Å². The Hall–Kier alpha value is -6.65. The van der Waals surface area contributed by atoms with Crippen LogP contribution < -0.4 is 0 Å². The lowest BCUT2D eigenvalue weighted by Gasteiger charge is -2.12. The molecule has 4 heterocycles. The first-order valence-electron chi connectivity index (χ1n) is 16.6. The summed E-state index contributed by atoms with van der Waals surface area (Å²) in [6.07, 6.45) is 0. The lowest BCUT2D eigenvalue weighted by atomic mass is 9.99. The van der Waals surface area contributed by atoms with E-state index >= 15 is 0 Å². The molecule has 228 valence electrons. The number of pyridine rings is 1. The van der Waals surface area contributed by atoms with Crippen molar-refractivity contribution in [3.8, 4) is 22.5 Å². The molecule has 0 atom stereocenters. The molecular weight excluding hydrogens is 599 g/mol. The van der Waals surface area contributed by atoms with Crippen molar-refractivity contribution < 1.29 is 4.42 Å². The first kappa shape index (κ1) is 26.4. The Balaban J connectivity index is 1.11. The summed E-state index contributed by atoms with van der Waals surface area (Å²) in [7, 11) is 0. The molecular formula is C45H27N3O. The van der Waals surface area contributed by atoms with E-state index in [0.29, 0.717) is 0 Å². The van der Waals surface area contributed by atoms with Crippen LogP contribution in [0, 0.1) is 0 Å². The SMILES string of the molecule is c1ccc2c(-c3ccc(-n4c5ccccc5c5cc(-n6c7ccccc7c7ccccc76)ccc54)cc3)c3oc4ccccc4c3nc2c1. The minimum atomic E-state index is 0.821. The zero-order valence-corrected chi connectivity index (χ0v) is 26.3. The highest BCUT2D eigenvalue weighted by molar-refractivity contribution is 6.15. The van der Waals surface area contributed by atoms with E-state index in [9.17, 15) is 0 Å². The van der Waals surface area contributed by atoms with E-state index in [4.69, 9.17) is 9.40 Å². The van der Waals surface area contributed by atoms with Gasteiger partial charge in [0.2, 0.25) is 0 Å². The Morgan fingerprint density at radius 3 is 1.61 bits per heavy atom. The fraction of sp³-hybridized carbons (Fsp3) is 0. The second kappa shape index (κ2) is 9.93. The monoisotopic (exact) mass is 625 g/mol. The van der Waals surface area contributed by atoms with Crippen molar-refractivity contribution in [3.63, 3.8) is 0 Å². The summed E-state index contributed by atoms with van der Waals surface area (Å²) in [6.45, 7) is 0. The molecule has 0 saturated heterocycles. The standard InChI is InChI=1S/C45H27N3O/c1-6-16-37-34(14-1)43(45-44(46-37)35-15-5-10-20-42(35)49-45)28-21-23-29(24-22-28)47-40-19-9-4-13-33(40)36-27-30(25-26-41(36)47)48-38-17-7-2-11-31(38)32-12-3-8-18-39(32)48/h1-27H. The van der Waals surface area contributed by atoms with E-state index in [1.807, 2.05) is 24.3 Å². The highest BCUT2D eigenvalue weighted by Gasteiger charge is 2.19. The van der Waals surface area contributed by atoms with Crippen LogP contribution in [0.3, 0.4) is 0 Å². The Kier molecular flexibility index (Phi) is 5.35. The first-order chi connectivity index (χ1) is 24.3. The molecule has 11 aromatic rings. The second-order valence-electron chi connectivity index (χ2n) is 12.8. The number of aromatic nitrogens is 3. The molecule has 0 amide bonds. The molecule has 0 spiro atoms. The lowest BCUT2D eigenvalue weighted by molar-refractivity contribution is 0.670. The predicted molar refractivity (Wildman–Crippen MR) is 203 cm³/mol. The molecule has 0 bridgehead atoms. The topological polar surface area (TPSA) is 35.9 Å². The summed E-state index contributed by atoms with van der Waals surface area (Å²) in [5.74, 6) is 0. The molecule has 7 aromatic carbocycles. The van der Waals surface area contributed by atoms with Crippen LogP contribution in [0.1, 0.15) is 0 Å². The van der Waals surface area contributed by atoms with E-state index < -0.39 is 0 Å². The normalized spacial score (nSPS) is 12.1. The lowest BCUT2D eigenvalue weighted by Crippen LogP contribution is -1.96. The number of rotatable bonds is 3. The third-order valence-electron chi connectivity index (χ3n) is 10.1. The van der Waals surface area contributed by atoms with E-state index in [1.54, 1.807) is 0 Å². The van der Waals surface area contributed by atoms with Gasteiger partial charge in [-0.05, 0) is 72.3 Å². The van der Waals surface area contributed by atoms with Gasteiger partial charge in [-0.2, -0.15) is 0 Å². The van der Waals surface area contributed by atoms with Crippen molar-refractivity contribution in [2.45, 2.75) is 0 Å². The summed E-state index contributed by atoms with van der Waals surface area (Å²) < 4.78 is 11.3. The molecule has 4 aromatic heterocycles. The molecule has 0 unspecified atom stereocenters. The van der Waals surface area contributed by atoms with Gasteiger partial charge in [0, 0.05) is 49.3 Å². The molecule has 0 saturated carbocycles. The van der Waals surface area contributed by atoms with Crippen LogP contribution >= 0.6 is 0 Å². The molecule has 0 fully saturated rings. The Bertz CT molecular complexity index is 3050. The fourth-order valence-electron chi connectivity index (χ4n) is 7.98. The molecule has 49 heavy (non-hydrogen) atoms. The third kappa shape index (κ3) is 3.71. The first-order valence-corrected chi connectivity index (χ1v) is 16.6. The zero-order valence-electron chi connectivity index (χ0n) is 26.3. The van der Waals surface area contributed by atoms with Crippen molar-refractivity contribution in [1.82, 2.24) is 14.1 Å². The van der Waals surface area contributed by atoms with Gasteiger partial charge in [0.05, 0.1) is 27.6 Å². The average Bonchev–Trinajstić information content (AvgIpc) is 3.81. The van der Waals surface area contributed by atoms with Crippen LogP contribution in [0.2, 0.25) is 0 Å². The van der Waals surface area contributed by atoms with Crippen LogP contribution in [0.5, 0.6) is 0 Å². The van der Waals surface area contributed by atoms with Crippen molar-refractivity contribution in [1.29, 1.82) is 0 Å². The maximum absolute atomic E-state index is 6.49. The second-order valence-corrected chi connectivity index (χ2v) is 12.8. The minimum absolute atomic E-state index is 0.821. The maximum Gasteiger partial charge on any atom is 0.162 e. The Morgan fingerprint density at radius 2 is 0.918 bits per heavy atom. The molecule has 4 heteroatoms. The zero-order chi connectivity index (χ0) is 32.1. The number of hydrogen-bond donors (Lipinski definition) is 0. The molecule has 0 aliphatic rings. The molecule has 4 nitrogen and oxygen atoms in total. The Labute approximate surface area is 280 Å². The van der Waals surface area contributed by atoms with Gasteiger partial charge in [0.15, 0.2) is 5.58 Å². The quantitative estimate of drug-likeness (QED) is 0.196. The maximum atomic E-state index is 6.49. The van der Waals surface area contributed by atoms with Gasteiger partial charge in [0.25, 0.3) is 0 Å². The molecule has 0 aliphatic carbocycles. The van der Waals surface area contributed by atoms with Crippen LogP contribution in [-0.4, -0.2) is 14.1 Å². The van der Waals surface area contributed by atoms with Gasteiger partial charge < -0.3 is 13.6 Å². The fourth-order valence-corrected chi connectivity index (χ4v) is 7.98. The summed E-state index contributed by atoms with van der Waals surface area (Å²) in [6, 6.07) is 58.4. The summed E-state index contributed by atoms with van der Waals surface area (Å²) in [5, 5.41) is 7.10. The van der Waals surface area contributed by atoms with E-state index in [-0.39, 0.29) is 0 Å². The smallest absolute Gasteiger partial charge is 0.162 e. The van der Waals surface area contributed by atoms with E-state index in [1.165, 1.54) is 43.6 Å². The van der Waals surface area contributed by atoms with Gasteiger partial charge >= 0.3 is 0 Å². The van der Waals surface area contributed by atoms with Crippen molar-refractivity contribution in [2.75, 3.05) is 0 Å². The van der Waals surface area contributed by atoms with Crippen LogP contribution in [-0.2, 0) is 0 Å². The average molecular weight is 626 g/mol. The number of fused-ring (bicyclic) bond motifs is 10. The number of para-hydroxylation sites is 5. The Morgan fingerprint density at radius 1 is 0.408 bits per heavy atom. The number of nitrogens with zero attached hydrogens (tertiary/aromatic N) is 3. The number of hydrogen-bond acceptors (Lipinski definition) is 2. The van der Waals surface area contributed by atoms with Gasteiger partial charge in [-0.25, -0.2) is 4.98 Å². The van der Waals surface area contributed by atoms with E-state index in [0.717, 1.165) is 55.5 Å². The van der Waals surface area contributed by atoms with Crippen molar-refractivity contribution >= 4 is 76.6 Å². The summed E-state index contributed by atoms with van der Waals surface area (Å²) in [4.78, 5) is 5.04. The predicted octanol–water partition coefficient (Wildman–Crippen LogP) is 12.0. The largest absolute Gasteiger partial charge is 0.454 e. The van der Waals surface area contributed by atoms with E-state index in [2.05, 4.69) is 149 Å². The molecule has 11 rings (SSSR count). The highest BCUT2D eigenvalue weighted by Crippen LogP contribution is 2.41. The minimum Gasteiger partial charge on any atom is -0.454 e. The molecule has 0 aliphatic heterocycles. The van der Waals surface area contributed by atoms with Crippen LogP contribution in [0.15, 0.2) is 168 Å². The van der Waals surface area contributed by atoms with Crippen LogP contribution in [0.4, 0.5) is 0 Å². The van der Waals surface area contributed by atoms with Crippen molar-refractivity contribution in [3.05, 3.63) is 164 Å². The third-order valence-corrected chi connectivity index (χ3v) is 10.1. The number of benzene rings is 7. The van der Waals surface area contributed by atoms with Crippen molar-refractivity contribution in [2.24, 2.45) is 0 Å². The summed E-state index contributed by atoms with van der Waals surface area (Å²) in [5.41, 5.74) is 12.7. The molecule has 0 N–H and O–H groups in total. The van der Waals surface area contributed by atoms with Gasteiger partial charge in [-0.3, -0.25) is 0 Å². The molecule has 0 radical (unpaired) electrons. The highest BCUT2D eigenvalue weighted by atomic mass is 16.3. The number of furan rings is 1.